The summed E-state index contributed by atoms with van der Waals surface area (Å²) >= 11 is 0. The first-order valence-electron chi connectivity index (χ1n) is 9.22. The molecule has 4 nitrogen and oxygen atoms in total. The fourth-order valence-corrected chi connectivity index (χ4v) is 3.53. The molecule has 0 radical (unpaired) electrons. The molecule has 1 aliphatic heterocycles. The Morgan fingerprint density at radius 2 is 1.56 bits per heavy atom. The zero-order valence-electron chi connectivity index (χ0n) is 15.9. The third-order valence-electron chi connectivity index (χ3n) is 5.29. The number of benzene rings is 2. The molecule has 0 spiro atoms. The number of rotatable bonds is 4. The van der Waals surface area contributed by atoms with Crippen molar-refractivity contribution in [1.29, 1.82) is 0 Å². The minimum Gasteiger partial charge on any atom is -0.339 e. The molecule has 0 aromatic heterocycles. The summed E-state index contributed by atoms with van der Waals surface area (Å²) in [5.41, 5.74) is 8.65. The molecule has 2 N–H and O–H groups in total. The third kappa shape index (κ3) is 4.76. The second-order valence-corrected chi connectivity index (χ2v) is 7.23. The maximum Gasteiger partial charge on any atom is 0.254 e. The average molecular weight is 387 g/mol. The highest BCUT2D eigenvalue weighted by atomic mass is 35.5. The summed E-state index contributed by atoms with van der Waals surface area (Å²) < 4.78 is 0. The van der Waals surface area contributed by atoms with Crippen molar-refractivity contribution in [3.8, 4) is 0 Å². The van der Waals surface area contributed by atoms with Crippen molar-refractivity contribution in [2.45, 2.75) is 32.7 Å². The SMILES string of the molecule is Cc1ccc(C(=O)c2ccccc2C(=O)N2CCC(C(C)N)CC2)cc1.Cl. The Hall–Kier alpha value is -2.17. The Morgan fingerprint density at radius 1 is 1.00 bits per heavy atom. The molecule has 144 valence electrons. The predicted octanol–water partition coefficient (Wildman–Crippen LogP) is 3.85. The standard InChI is InChI=1S/C22H26N2O2.ClH/c1-15-7-9-18(10-8-15)21(25)19-5-3-4-6-20(19)22(26)24-13-11-17(12-14-24)16(2)23;/h3-10,16-17H,11-14,23H2,1-2H3;1H. The van der Waals surface area contributed by atoms with Crippen LogP contribution in [0, 0.1) is 12.8 Å². The lowest BCUT2D eigenvalue weighted by Gasteiger charge is -2.34. The van der Waals surface area contributed by atoms with Crippen molar-refractivity contribution in [2.75, 3.05) is 13.1 Å². The molecule has 0 bridgehead atoms. The van der Waals surface area contributed by atoms with E-state index in [1.807, 2.05) is 49.1 Å². The van der Waals surface area contributed by atoms with Gasteiger partial charge in [0.05, 0.1) is 5.56 Å². The number of nitrogens with two attached hydrogens (primary N) is 1. The van der Waals surface area contributed by atoms with Crippen molar-refractivity contribution < 1.29 is 9.59 Å². The first kappa shape index (κ1) is 21.1. The van der Waals surface area contributed by atoms with Gasteiger partial charge in [0.25, 0.3) is 5.91 Å². The van der Waals surface area contributed by atoms with Gasteiger partial charge in [0, 0.05) is 30.3 Å². The molecule has 1 atom stereocenters. The summed E-state index contributed by atoms with van der Waals surface area (Å²) in [5, 5.41) is 0. The van der Waals surface area contributed by atoms with Gasteiger partial charge in [-0.1, -0.05) is 48.0 Å². The Balaban J connectivity index is 0.00000261. The van der Waals surface area contributed by atoms with E-state index in [0.29, 0.717) is 35.7 Å². The fourth-order valence-electron chi connectivity index (χ4n) is 3.53. The van der Waals surface area contributed by atoms with Crippen LogP contribution in [0.3, 0.4) is 0 Å². The molecule has 1 aliphatic rings. The first-order chi connectivity index (χ1) is 12.5. The number of amides is 1. The van der Waals surface area contributed by atoms with Crippen molar-refractivity contribution in [1.82, 2.24) is 4.90 Å². The molecule has 1 unspecified atom stereocenters. The minimum absolute atomic E-state index is 0. The first-order valence-corrected chi connectivity index (χ1v) is 9.22. The number of nitrogens with zero attached hydrogens (tertiary/aromatic N) is 1. The van der Waals surface area contributed by atoms with Gasteiger partial charge in [-0.2, -0.15) is 0 Å². The highest BCUT2D eigenvalue weighted by Gasteiger charge is 2.27. The fraction of sp³-hybridized carbons (Fsp3) is 0.364. The second-order valence-electron chi connectivity index (χ2n) is 7.23. The molecule has 0 aliphatic carbocycles. The van der Waals surface area contributed by atoms with Crippen LogP contribution in [0.2, 0.25) is 0 Å². The van der Waals surface area contributed by atoms with E-state index in [2.05, 4.69) is 0 Å². The number of piperidine rings is 1. The number of carbonyl (C=O) groups excluding carboxylic acids is 2. The molecule has 2 aromatic rings. The molecule has 27 heavy (non-hydrogen) atoms. The van der Waals surface area contributed by atoms with E-state index < -0.39 is 0 Å². The summed E-state index contributed by atoms with van der Waals surface area (Å²) in [7, 11) is 0. The molecular weight excluding hydrogens is 360 g/mol. The second kappa shape index (κ2) is 9.16. The molecule has 1 saturated heterocycles. The van der Waals surface area contributed by atoms with Crippen molar-refractivity contribution in [3.63, 3.8) is 0 Å². The van der Waals surface area contributed by atoms with Crippen LogP contribution >= 0.6 is 12.4 Å². The molecule has 1 amide bonds. The number of likely N-dealkylation sites (tertiary alicyclic amines) is 1. The van der Waals surface area contributed by atoms with Gasteiger partial charge in [-0.15, -0.1) is 12.4 Å². The number of halogens is 1. The number of hydrogen-bond donors (Lipinski definition) is 1. The topological polar surface area (TPSA) is 63.4 Å². The Morgan fingerprint density at radius 3 is 2.11 bits per heavy atom. The predicted molar refractivity (Wildman–Crippen MR) is 111 cm³/mol. The van der Waals surface area contributed by atoms with E-state index in [0.717, 1.165) is 18.4 Å². The lowest BCUT2D eigenvalue weighted by atomic mass is 9.90. The zero-order chi connectivity index (χ0) is 18.7. The highest BCUT2D eigenvalue weighted by molar-refractivity contribution is 6.15. The average Bonchev–Trinajstić information content (AvgIpc) is 2.67. The summed E-state index contributed by atoms with van der Waals surface area (Å²) in [6.07, 6.45) is 1.83. The van der Waals surface area contributed by atoms with E-state index in [1.54, 1.807) is 18.2 Å². The summed E-state index contributed by atoms with van der Waals surface area (Å²) in [6.45, 7) is 5.39. The number of ketones is 1. The Labute approximate surface area is 167 Å². The van der Waals surface area contributed by atoms with E-state index in [-0.39, 0.29) is 30.1 Å². The van der Waals surface area contributed by atoms with Gasteiger partial charge < -0.3 is 10.6 Å². The normalized spacial score (nSPS) is 15.7. The lowest BCUT2D eigenvalue weighted by Crippen LogP contribution is -2.42. The molecule has 1 fully saturated rings. The van der Waals surface area contributed by atoms with Crippen LogP contribution in [-0.4, -0.2) is 35.7 Å². The minimum atomic E-state index is -0.112. The maximum absolute atomic E-state index is 13.0. The van der Waals surface area contributed by atoms with E-state index in [1.165, 1.54) is 0 Å². The van der Waals surface area contributed by atoms with Gasteiger partial charge in [-0.05, 0) is 38.7 Å². The van der Waals surface area contributed by atoms with Crippen molar-refractivity contribution >= 4 is 24.1 Å². The van der Waals surface area contributed by atoms with Crippen LogP contribution in [0.25, 0.3) is 0 Å². The molecular formula is C22H27ClN2O2. The zero-order valence-corrected chi connectivity index (χ0v) is 16.7. The Kier molecular flexibility index (Phi) is 7.17. The van der Waals surface area contributed by atoms with Crippen molar-refractivity contribution in [3.05, 3.63) is 70.8 Å². The van der Waals surface area contributed by atoms with Gasteiger partial charge in [0.15, 0.2) is 5.78 Å². The van der Waals surface area contributed by atoms with Crippen LogP contribution in [0.1, 0.15) is 51.6 Å². The van der Waals surface area contributed by atoms with Crippen LogP contribution < -0.4 is 5.73 Å². The van der Waals surface area contributed by atoms with Gasteiger partial charge in [-0.25, -0.2) is 0 Å². The third-order valence-corrected chi connectivity index (χ3v) is 5.29. The lowest BCUT2D eigenvalue weighted by molar-refractivity contribution is 0.0677. The summed E-state index contributed by atoms with van der Waals surface area (Å²) in [6, 6.07) is 14.7. The molecule has 2 aromatic carbocycles. The van der Waals surface area contributed by atoms with E-state index >= 15 is 0 Å². The van der Waals surface area contributed by atoms with Gasteiger partial charge in [0.2, 0.25) is 0 Å². The smallest absolute Gasteiger partial charge is 0.254 e. The summed E-state index contributed by atoms with van der Waals surface area (Å²) in [5.74, 6) is 0.284. The van der Waals surface area contributed by atoms with Crippen LogP contribution in [0.5, 0.6) is 0 Å². The molecule has 0 saturated carbocycles. The Bertz CT molecular complexity index is 794. The van der Waals surface area contributed by atoms with Crippen LogP contribution in [0.4, 0.5) is 0 Å². The van der Waals surface area contributed by atoms with E-state index in [4.69, 9.17) is 5.73 Å². The number of aryl methyl sites for hydroxylation is 1. The monoisotopic (exact) mass is 386 g/mol. The number of carbonyl (C=O) groups is 2. The van der Waals surface area contributed by atoms with Crippen LogP contribution in [0.15, 0.2) is 48.5 Å². The largest absolute Gasteiger partial charge is 0.339 e. The maximum atomic E-state index is 13.0. The highest BCUT2D eigenvalue weighted by Crippen LogP contribution is 2.23. The van der Waals surface area contributed by atoms with Gasteiger partial charge in [-0.3, -0.25) is 9.59 Å². The number of hydrogen-bond acceptors (Lipinski definition) is 3. The quantitative estimate of drug-likeness (QED) is 0.812. The molecule has 3 rings (SSSR count). The summed E-state index contributed by atoms with van der Waals surface area (Å²) in [4.78, 5) is 27.8. The van der Waals surface area contributed by atoms with Crippen molar-refractivity contribution in [2.24, 2.45) is 11.7 Å². The van der Waals surface area contributed by atoms with Crippen LogP contribution in [-0.2, 0) is 0 Å². The van der Waals surface area contributed by atoms with E-state index in [9.17, 15) is 9.59 Å². The van der Waals surface area contributed by atoms with Gasteiger partial charge in [0.1, 0.15) is 0 Å². The molecule has 5 heteroatoms. The van der Waals surface area contributed by atoms with Gasteiger partial charge >= 0.3 is 0 Å². The molecule has 1 heterocycles.